The summed E-state index contributed by atoms with van der Waals surface area (Å²) in [5, 5.41) is 3.18. The number of nitrogens with one attached hydrogen (secondary N) is 1. The molecule has 17 heavy (non-hydrogen) atoms. The fourth-order valence-corrected chi connectivity index (χ4v) is 1.20. The lowest BCUT2D eigenvalue weighted by atomic mass is 10.4. The van der Waals surface area contributed by atoms with Crippen LogP contribution in [-0.4, -0.2) is 35.8 Å². The van der Waals surface area contributed by atoms with Gasteiger partial charge in [-0.25, -0.2) is 9.97 Å². The Hall–Kier alpha value is -1.36. The first kappa shape index (κ1) is 13.7. The molecule has 1 N–H and O–H groups in total. The summed E-state index contributed by atoms with van der Waals surface area (Å²) in [6.45, 7) is 8.07. The van der Waals surface area contributed by atoms with Gasteiger partial charge in [0.05, 0.1) is 12.7 Å². The van der Waals surface area contributed by atoms with E-state index in [0.717, 1.165) is 18.8 Å². The Balaban J connectivity index is 2.32. The maximum atomic E-state index is 5.46. The maximum Gasteiger partial charge on any atom is 0.218 e. The van der Waals surface area contributed by atoms with E-state index < -0.39 is 0 Å². The van der Waals surface area contributed by atoms with E-state index in [0.29, 0.717) is 19.1 Å². The number of ether oxygens (including phenoxy) is 2. The topological polar surface area (TPSA) is 56.3 Å². The third-order valence-corrected chi connectivity index (χ3v) is 1.98. The SMILES string of the molecule is CCCNc1cc(OCCOC(C)C)ncn1. The van der Waals surface area contributed by atoms with Crippen LogP contribution in [0.25, 0.3) is 0 Å². The van der Waals surface area contributed by atoms with Crippen molar-refractivity contribution in [3.63, 3.8) is 0 Å². The van der Waals surface area contributed by atoms with Crippen LogP contribution >= 0.6 is 0 Å². The Bertz CT molecular complexity index is 318. The van der Waals surface area contributed by atoms with E-state index in [1.165, 1.54) is 6.33 Å². The van der Waals surface area contributed by atoms with Gasteiger partial charge in [-0.15, -0.1) is 0 Å². The highest BCUT2D eigenvalue weighted by molar-refractivity contribution is 5.36. The van der Waals surface area contributed by atoms with Crippen LogP contribution in [0.1, 0.15) is 27.2 Å². The second-order valence-electron chi connectivity index (χ2n) is 3.94. The van der Waals surface area contributed by atoms with Crippen molar-refractivity contribution < 1.29 is 9.47 Å². The molecule has 1 heterocycles. The summed E-state index contributed by atoms with van der Waals surface area (Å²) >= 11 is 0. The number of nitrogens with zero attached hydrogens (tertiary/aromatic N) is 2. The molecule has 0 bridgehead atoms. The first-order chi connectivity index (χ1) is 8.22. The molecule has 0 saturated heterocycles. The van der Waals surface area contributed by atoms with Gasteiger partial charge in [-0.3, -0.25) is 0 Å². The molecule has 5 nitrogen and oxygen atoms in total. The van der Waals surface area contributed by atoms with E-state index in [9.17, 15) is 0 Å². The normalized spacial score (nSPS) is 10.6. The smallest absolute Gasteiger partial charge is 0.218 e. The average Bonchev–Trinajstić information content (AvgIpc) is 2.32. The summed E-state index contributed by atoms with van der Waals surface area (Å²) in [5.74, 6) is 1.37. The summed E-state index contributed by atoms with van der Waals surface area (Å²) in [4.78, 5) is 8.14. The maximum absolute atomic E-state index is 5.46. The molecular weight excluding hydrogens is 218 g/mol. The number of anilines is 1. The lowest BCUT2D eigenvalue weighted by Crippen LogP contribution is -2.12. The van der Waals surface area contributed by atoms with Crippen molar-refractivity contribution in [3.05, 3.63) is 12.4 Å². The Labute approximate surface area is 103 Å². The van der Waals surface area contributed by atoms with Crippen LogP contribution in [0.5, 0.6) is 5.88 Å². The highest BCUT2D eigenvalue weighted by Gasteiger charge is 1.99. The number of aromatic nitrogens is 2. The molecule has 0 amide bonds. The molecule has 0 atom stereocenters. The lowest BCUT2D eigenvalue weighted by Gasteiger charge is -2.09. The van der Waals surface area contributed by atoms with Gasteiger partial charge in [0.2, 0.25) is 5.88 Å². The fourth-order valence-electron chi connectivity index (χ4n) is 1.20. The summed E-state index contributed by atoms with van der Waals surface area (Å²) < 4.78 is 10.8. The minimum absolute atomic E-state index is 0.228. The van der Waals surface area contributed by atoms with Crippen LogP contribution in [0.15, 0.2) is 12.4 Å². The first-order valence-electron chi connectivity index (χ1n) is 6.02. The molecule has 96 valence electrons. The van der Waals surface area contributed by atoms with Gasteiger partial charge in [0, 0.05) is 12.6 Å². The molecule has 1 aromatic rings. The van der Waals surface area contributed by atoms with Gasteiger partial charge in [-0.05, 0) is 20.3 Å². The molecule has 1 aromatic heterocycles. The van der Waals surface area contributed by atoms with Crippen LogP contribution in [0, 0.1) is 0 Å². The quantitative estimate of drug-likeness (QED) is 0.704. The molecule has 0 aliphatic rings. The third kappa shape index (κ3) is 6.06. The summed E-state index contributed by atoms with van der Waals surface area (Å²) in [7, 11) is 0. The molecular formula is C12H21N3O2. The molecule has 1 rings (SSSR count). The van der Waals surface area contributed by atoms with Crippen LogP contribution in [-0.2, 0) is 4.74 Å². The third-order valence-electron chi connectivity index (χ3n) is 1.98. The highest BCUT2D eigenvalue weighted by Crippen LogP contribution is 2.10. The minimum Gasteiger partial charge on any atom is -0.475 e. The molecule has 0 aliphatic carbocycles. The zero-order chi connectivity index (χ0) is 12.5. The van der Waals surface area contributed by atoms with Gasteiger partial charge in [-0.2, -0.15) is 0 Å². The Morgan fingerprint density at radius 1 is 1.29 bits per heavy atom. The van der Waals surface area contributed by atoms with Crippen molar-refractivity contribution in [1.29, 1.82) is 0 Å². The zero-order valence-corrected chi connectivity index (χ0v) is 10.8. The van der Waals surface area contributed by atoms with Gasteiger partial charge < -0.3 is 14.8 Å². The van der Waals surface area contributed by atoms with Gasteiger partial charge in [0.1, 0.15) is 18.8 Å². The Morgan fingerprint density at radius 3 is 2.82 bits per heavy atom. The van der Waals surface area contributed by atoms with Crippen LogP contribution in [0.2, 0.25) is 0 Å². The van der Waals surface area contributed by atoms with Gasteiger partial charge in [0.15, 0.2) is 0 Å². The Morgan fingerprint density at radius 2 is 2.12 bits per heavy atom. The molecule has 0 unspecified atom stereocenters. The molecule has 0 aromatic carbocycles. The van der Waals surface area contributed by atoms with Crippen molar-refractivity contribution >= 4 is 5.82 Å². The van der Waals surface area contributed by atoms with Crippen LogP contribution in [0.3, 0.4) is 0 Å². The number of hydrogen-bond donors (Lipinski definition) is 1. The van der Waals surface area contributed by atoms with Crippen LogP contribution in [0.4, 0.5) is 5.82 Å². The first-order valence-corrected chi connectivity index (χ1v) is 6.02. The summed E-state index contributed by atoms with van der Waals surface area (Å²) in [5.41, 5.74) is 0. The molecule has 5 heteroatoms. The molecule has 0 saturated carbocycles. The second kappa shape index (κ2) is 7.84. The number of hydrogen-bond acceptors (Lipinski definition) is 5. The van der Waals surface area contributed by atoms with Crippen molar-refractivity contribution in [2.75, 3.05) is 25.1 Å². The van der Waals surface area contributed by atoms with E-state index in [1.807, 2.05) is 13.8 Å². The molecule has 0 radical (unpaired) electrons. The predicted octanol–water partition coefficient (Wildman–Crippen LogP) is 2.10. The largest absolute Gasteiger partial charge is 0.475 e. The van der Waals surface area contributed by atoms with E-state index >= 15 is 0 Å². The molecule has 0 fully saturated rings. The predicted molar refractivity (Wildman–Crippen MR) is 67.4 cm³/mol. The highest BCUT2D eigenvalue weighted by atomic mass is 16.5. The molecule has 0 spiro atoms. The zero-order valence-electron chi connectivity index (χ0n) is 10.8. The fraction of sp³-hybridized carbons (Fsp3) is 0.667. The van der Waals surface area contributed by atoms with Crippen LogP contribution < -0.4 is 10.1 Å². The van der Waals surface area contributed by atoms with Crippen molar-refractivity contribution in [1.82, 2.24) is 9.97 Å². The van der Waals surface area contributed by atoms with Gasteiger partial charge in [0.25, 0.3) is 0 Å². The standard InChI is InChI=1S/C12H21N3O2/c1-4-5-13-11-8-12(15-9-14-11)17-7-6-16-10(2)3/h8-10H,4-7H2,1-3H3,(H,13,14,15). The van der Waals surface area contributed by atoms with Crippen molar-refractivity contribution in [2.24, 2.45) is 0 Å². The van der Waals surface area contributed by atoms with E-state index in [4.69, 9.17) is 9.47 Å². The van der Waals surface area contributed by atoms with Gasteiger partial charge >= 0.3 is 0 Å². The second-order valence-corrected chi connectivity index (χ2v) is 3.94. The lowest BCUT2D eigenvalue weighted by molar-refractivity contribution is 0.0542. The van der Waals surface area contributed by atoms with Gasteiger partial charge in [-0.1, -0.05) is 6.92 Å². The average molecular weight is 239 g/mol. The minimum atomic E-state index is 0.228. The molecule has 0 aliphatic heterocycles. The summed E-state index contributed by atoms with van der Waals surface area (Å²) in [6, 6.07) is 1.80. The van der Waals surface area contributed by atoms with E-state index in [-0.39, 0.29) is 6.10 Å². The van der Waals surface area contributed by atoms with Crippen molar-refractivity contribution in [2.45, 2.75) is 33.3 Å². The number of rotatable bonds is 8. The monoisotopic (exact) mass is 239 g/mol. The Kier molecular flexibility index (Phi) is 6.32. The van der Waals surface area contributed by atoms with E-state index in [2.05, 4.69) is 22.2 Å². The van der Waals surface area contributed by atoms with E-state index in [1.54, 1.807) is 6.07 Å². The summed E-state index contributed by atoms with van der Waals surface area (Å²) in [6.07, 6.45) is 2.78. The van der Waals surface area contributed by atoms with Crippen molar-refractivity contribution in [3.8, 4) is 5.88 Å².